The summed E-state index contributed by atoms with van der Waals surface area (Å²) in [4.78, 5) is 11.4. The molecule has 0 saturated heterocycles. The molecule has 0 aliphatic carbocycles. The van der Waals surface area contributed by atoms with Gasteiger partial charge in [-0.05, 0) is 17.4 Å². The molecule has 0 saturated carbocycles. The van der Waals surface area contributed by atoms with Crippen molar-refractivity contribution in [2.45, 2.75) is 33.2 Å². The Hall–Kier alpha value is -1.06. The number of benzene rings is 1. The van der Waals surface area contributed by atoms with Crippen LogP contribution in [0.15, 0.2) is 30.3 Å². The fraction of sp³-hybridized carbons (Fsp3) is 0.500. The molecule has 102 valence electrons. The first-order valence-corrected chi connectivity index (χ1v) is 5.97. The molecular weight excluding hydrogens is 248 g/mol. The largest absolute Gasteiger partial charge is 0.348 e. The van der Waals surface area contributed by atoms with E-state index in [4.69, 9.17) is 5.73 Å². The van der Waals surface area contributed by atoms with Crippen molar-refractivity contribution in [3.63, 3.8) is 0 Å². The van der Waals surface area contributed by atoms with Crippen molar-refractivity contribution in [1.29, 1.82) is 0 Å². The minimum Gasteiger partial charge on any atom is -0.348 e. The van der Waals surface area contributed by atoms with Gasteiger partial charge < -0.3 is 11.1 Å². The highest BCUT2D eigenvalue weighted by molar-refractivity contribution is 5.85. The van der Waals surface area contributed by atoms with Crippen LogP contribution in [0, 0.1) is 5.41 Å². The maximum Gasteiger partial charge on any atom is 0.234 e. The number of amides is 1. The highest BCUT2D eigenvalue weighted by atomic mass is 35.5. The Kier molecular flexibility index (Phi) is 6.96. The highest BCUT2D eigenvalue weighted by Crippen LogP contribution is 2.29. The predicted octanol–water partition coefficient (Wildman–Crippen LogP) is 2.66. The van der Waals surface area contributed by atoms with Crippen molar-refractivity contribution in [3.05, 3.63) is 35.9 Å². The molecule has 0 bridgehead atoms. The van der Waals surface area contributed by atoms with Gasteiger partial charge >= 0.3 is 0 Å². The molecule has 1 aromatic rings. The summed E-state index contributed by atoms with van der Waals surface area (Å²) in [5.74, 6) is -0.108. The van der Waals surface area contributed by atoms with E-state index >= 15 is 0 Å². The fourth-order valence-electron chi connectivity index (χ4n) is 1.80. The van der Waals surface area contributed by atoms with Crippen molar-refractivity contribution in [2.24, 2.45) is 11.1 Å². The second kappa shape index (κ2) is 7.39. The molecule has 0 aliphatic rings. The van der Waals surface area contributed by atoms with Crippen LogP contribution in [0.25, 0.3) is 0 Å². The summed E-state index contributed by atoms with van der Waals surface area (Å²) in [6.07, 6.45) is 0.892. The lowest BCUT2D eigenvalue weighted by Gasteiger charge is -2.27. The van der Waals surface area contributed by atoms with Crippen molar-refractivity contribution >= 4 is 18.3 Å². The summed E-state index contributed by atoms with van der Waals surface area (Å²) in [5.41, 5.74) is 6.63. The number of hydrogen-bond acceptors (Lipinski definition) is 2. The molecule has 0 radical (unpaired) electrons. The third-order valence-electron chi connectivity index (χ3n) is 2.54. The second-order valence-electron chi connectivity index (χ2n) is 5.50. The van der Waals surface area contributed by atoms with Gasteiger partial charge in [0.2, 0.25) is 5.91 Å². The van der Waals surface area contributed by atoms with Gasteiger partial charge in [0.1, 0.15) is 0 Å². The topological polar surface area (TPSA) is 55.1 Å². The number of halogens is 1. The molecule has 1 rings (SSSR count). The van der Waals surface area contributed by atoms with Crippen molar-refractivity contribution in [2.75, 3.05) is 6.54 Å². The molecule has 0 aliphatic heterocycles. The third-order valence-corrected chi connectivity index (χ3v) is 2.54. The van der Waals surface area contributed by atoms with Gasteiger partial charge in [0.15, 0.2) is 0 Å². The number of hydrogen-bond donors (Lipinski definition) is 2. The summed E-state index contributed by atoms with van der Waals surface area (Å²) in [5, 5.41) is 2.98. The van der Waals surface area contributed by atoms with E-state index in [9.17, 15) is 4.79 Å². The fourth-order valence-corrected chi connectivity index (χ4v) is 1.80. The summed E-state index contributed by atoms with van der Waals surface area (Å²) in [6.45, 7) is 6.53. The number of nitrogens with two attached hydrogens (primary N) is 1. The number of rotatable bonds is 4. The van der Waals surface area contributed by atoms with E-state index in [1.165, 1.54) is 0 Å². The zero-order valence-corrected chi connectivity index (χ0v) is 12.1. The first-order chi connectivity index (χ1) is 7.92. The Morgan fingerprint density at radius 1 is 1.28 bits per heavy atom. The number of nitrogens with one attached hydrogen (secondary N) is 1. The Labute approximate surface area is 116 Å². The minimum atomic E-state index is -0.108. The van der Waals surface area contributed by atoms with Gasteiger partial charge in [-0.25, -0.2) is 0 Å². The first-order valence-electron chi connectivity index (χ1n) is 5.97. The van der Waals surface area contributed by atoms with Crippen LogP contribution >= 0.6 is 12.4 Å². The average Bonchev–Trinajstić information content (AvgIpc) is 2.27. The van der Waals surface area contributed by atoms with E-state index in [1.54, 1.807) is 0 Å². The van der Waals surface area contributed by atoms with Crippen molar-refractivity contribution in [1.82, 2.24) is 5.32 Å². The lowest BCUT2D eigenvalue weighted by atomic mass is 9.85. The van der Waals surface area contributed by atoms with Gasteiger partial charge in [-0.3, -0.25) is 4.79 Å². The molecule has 1 atom stereocenters. The SMILES string of the molecule is CC(C)(C)CC(NC(=O)CN)c1ccccc1.Cl. The van der Waals surface area contributed by atoms with E-state index in [1.807, 2.05) is 30.3 Å². The Bertz CT molecular complexity index is 360. The van der Waals surface area contributed by atoms with E-state index < -0.39 is 0 Å². The molecule has 1 aromatic carbocycles. The van der Waals surface area contributed by atoms with Crippen LogP contribution in [0.3, 0.4) is 0 Å². The van der Waals surface area contributed by atoms with Crippen molar-refractivity contribution < 1.29 is 4.79 Å². The van der Waals surface area contributed by atoms with Crippen LogP contribution in [0.4, 0.5) is 0 Å². The Morgan fingerprint density at radius 2 is 1.83 bits per heavy atom. The Balaban J connectivity index is 0.00000289. The lowest BCUT2D eigenvalue weighted by molar-refractivity contribution is -0.120. The van der Waals surface area contributed by atoms with Gasteiger partial charge in [-0.15, -0.1) is 12.4 Å². The van der Waals surface area contributed by atoms with Crippen LogP contribution < -0.4 is 11.1 Å². The monoisotopic (exact) mass is 270 g/mol. The van der Waals surface area contributed by atoms with E-state index in [-0.39, 0.29) is 36.3 Å². The van der Waals surface area contributed by atoms with E-state index in [0.29, 0.717) is 0 Å². The maximum atomic E-state index is 11.4. The average molecular weight is 271 g/mol. The first kappa shape index (κ1) is 16.9. The van der Waals surface area contributed by atoms with Gasteiger partial charge in [0.05, 0.1) is 12.6 Å². The van der Waals surface area contributed by atoms with Gasteiger partial charge in [-0.1, -0.05) is 51.1 Å². The normalized spacial score (nSPS) is 12.4. The Morgan fingerprint density at radius 3 is 2.28 bits per heavy atom. The van der Waals surface area contributed by atoms with Crippen LogP contribution in [0.2, 0.25) is 0 Å². The zero-order valence-electron chi connectivity index (χ0n) is 11.3. The quantitative estimate of drug-likeness (QED) is 0.884. The highest BCUT2D eigenvalue weighted by Gasteiger charge is 2.21. The standard InChI is InChI=1S/C14H22N2O.ClH/c1-14(2,3)9-12(16-13(17)10-15)11-7-5-4-6-8-11;/h4-8,12H,9-10,15H2,1-3H3,(H,16,17);1H. The smallest absolute Gasteiger partial charge is 0.234 e. The van der Waals surface area contributed by atoms with Gasteiger partial charge in [-0.2, -0.15) is 0 Å². The molecule has 4 heteroatoms. The third kappa shape index (κ3) is 6.03. The summed E-state index contributed by atoms with van der Waals surface area (Å²) in [7, 11) is 0. The molecule has 3 nitrogen and oxygen atoms in total. The van der Waals surface area contributed by atoms with Crippen LogP contribution in [0.5, 0.6) is 0 Å². The zero-order chi connectivity index (χ0) is 12.9. The molecule has 1 unspecified atom stereocenters. The molecular formula is C14H23ClN2O. The predicted molar refractivity (Wildman–Crippen MR) is 77.7 cm³/mol. The van der Waals surface area contributed by atoms with Gasteiger partial charge in [0, 0.05) is 0 Å². The van der Waals surface area contributed by atoms with E-state index in [2.05, 4.69) is 26.1 Å². The molecule has 0 fully saturated rings. The lowest BCUT2D eigenvalue weighted by Crippen LogP contribution is -2.35. The van der Waals surface area contributed by atoms with Crippen LogP contribution in [0.1, 0.15) is 38.8 Å². The molecule has 18 heavy (non-hydrogen) atoms. The van der Waals surface area contributed by atoms with E-state index in [0.717, 1.165) is 12.0 Å². The molecule has 3 N–H and O–H groups in total. The summed E-state index contributed by atoms with van der Waals surface area (Å²) < 4.78 is 0. The summed E-state index contributed by atoms with van der Waals surface area (Å²) in [6, 6.07) is 10.1. The maximum absolute atomic E-state index is 11.4. The van der Waals surface area contributed by atoms with Gasteiger partial charge in [0.25, 0.3) is 0 Å². The van der Waals surface area contributed by atoms with Crippen molar-refractivity contribution in [3.8, 4) is 0 Å². The van der Waals surface area contributed by atoms with Crippen LogP contribution in [-0.4, -0.2) is 12.5 Å². The molecule has 1 amide bonds. The summed E-state index contributed by atoms with van der Waals surface area (Å²) >= 11 is 0. The minimum absolute atomic E-state index is 0. The number of carbonyl (C=O) groups is 1. The molecule has 0 spiro atoms. The van der Waals surface area contributed by atoms with Crippen LogP contribution in [-0.2, 0) is 4.79 Å². The molecule has 0 aromatic heterocycles. The second-order valence-corrected chi connectivity index (χ2v) is 5.50. The number of carbonyl (C=O) groups excluding carboxylic acids is 1. The molecule has 0 heterocycles.